The Morgan fingerprint density at radius 2 is 1.62 bits per heavy atom. The zero-order valence-electron chi connectivity index (χ0n) is 13.3. The third-order valence-corrected chi connectivity index (χ3v) is 6.08. The molecule has 2 amide bonds. The summed E-state index contributed by atoms with van der Waals surface area (Å²) in [5.74, 6) is 1.83. The topological polar surface area (TPSA) is 59.0 Å². The van der Waals surface area contributed by atoms with Crippen LogP contribution in [0.1, 0.15) is 12.0 Å². The summed E-state index contributed by atoms with van der Waals surface area (Å²) >= 11 is 0. The summed E-state index contributed by atoms with van der Waals surface area (Å²) in [6.07, 6.45) is 7.08. The van der Waals surface area contributed by atoms with E-state index in [1.807, 2.05) is 24.3 Å². The lowest BCUT2D eigenvalue weighted by molar-refractivity contribution is -0.140. The van der Waals surface area contributed by atoms with Crippen LogP contribution in [0.5, 0.6) is 5.75 Å². The zero-order valence-corrected chi connectivity index (χ0v) is 13.3. The molecule has 3 fully saturated rings. The molecule has 2 bridgehead atoms. The highest BCUT2D eigenvalue weighted by atomic mass is 16.5. The average molecular weight is 322 g/mol. The number of methoxy groups -OCH3 is 1. The maximum atomic E-state index is 12.8. The Morgan fingerprint density at radius 3 is 2.17 bits per heavy atom. The maximum absolute atomic E-state index is 12.8. The molecule has 5 heteroatoms. The first-order valence-corrected chi connectivity index (χ1v) is 8.43. The van der Waals surface area contributed by atoms with Crippen LogP contribution < -0.4 is 4.74 Å². The highest BCUT2D eigenvalue weighted by Crippen LogP contribution is 2.65. The van der Waals surface area contributed by atoms with E-state index in [-0.39, 0.29) is 35.5 Å². The van der Waals surface area contributed by atoms with Gasteiger partial charge in [0.1, 0.15) is 5.75 Å². The Kier molecular flexibility index (Phi) is 2.78. The van der Waals surface area contributed by atoms with E-state index < -0.39 is 0 Å². The number of benzene rings is 1. The Morgan fingerprint density at radius 1 is 1.04 bits per heavy atom. The van der Waals surface area contributed by atoms with Crippen LogP contribution in [0.3, 0.4) is 0 Å². The summed E-state index contributed by atoms with van der Waals surface area (Å²) in [5.41, 5.74) is 0.829. The van der Waals surface area contributed by atoms with Gasteiger partial charge in [0.25, 0.3) is 11.8 Å². The Labute approximate surface area is 140 Å². The number of carbonyl (C=O) groups excluding carboxylic acids is 2. The average Bonchev–Trinajstić information content (AvgIpc) is 3.39. The molecule has 1 aliphatic heterocycles. The predicted molar refractivity (Wildman–Crippen MR) is 87.1 cm³/mol. The van der Waals surface area contributed by atoms with Crippen LogP contribution in [0, 0.1) is 35.5 Å². The van der Waals surface area contributed by atoms with Crippen LogP contribution in [0.2, 0.25) is 0 Å². The van der Waals surface area contributed by atoms with Crippen LogP contribution >= 0.6 is 0 Å². The van der Waals surface area contributed by atoms with Crippen molar-refractivity contribution in [1.29, 1.82) is 0 Å². The van der Waals surface area contributed by atoms with E-state index in [0.717, 1.165) is 16.3 Å². The zero-order chi connectivity index (χ0) is 16.4. The summed E-state index contributed by atoms with van der Waals surface area (Å²) in [4.78, 5) is 25.5. The van der Waals surface area contributed by atoms with E-state index in [1.54, 1.807) is 13.3 Å². The molecule has 0 unspecified atom stereocenters. The molecule has 2 saturated carbocycles. The first kappa shape index (κ1) is 14.0. The van der Waals surface area contributed by atoms with Gasteiger partial charge in [0.05, 0.1) is 25.2 Å². The first-order chi connectivity index (χ1) is 11.7. The summed E-state index contributed by atoms with van der Waals surface area (Å²) in [6, 6.07) is 7.35. The quantitative estimate of drug-likeness (QED) is 0.486. The minimum atomic E-state index is -0.190. The Hall–Kier alpha value is -2.43. The second kappa shape index (κ2) is 4.79. The SMILES string of the molecule is COc1ccc(/C=N\N2C(=O)[C@@H]3[C@H]4C=C[C@@H]([C@@H]5C[C@H]45)[C@H]3C2=O)cc1. The lowest BCUT2D eigenvalue weighted by Crippen LogP contribution is -2.40. The van der Waals surface area contributed by atoms with Gasteiger partial charge in [-0.1, -0.05) is 12.2 Å². The molecule has 6 atom stereocenters. The maximum Gasteiger partial charge on any atom is 0.254 e. The van der Waals surface area contributed by atoms with Crippen LogP contribution in [-0.2, 0) is 9.59 Å². The number of hydrogen-bond acceptors (Lipinski definition) is 4. The van der Waals surface area contributed by atoms with Gasteiger partial charge >= 0.3 is 0 Å². The van der Waals surface area contributed by atoms with E-state index in [0.29, 0.717) is 11.8 Å². The highest BCUT2D eigenvalue weighted by Gasteiger charge is 2.67. The van der Waals surface area contributed by atoms with Crippen molar-refractivity contribution in [3.05, 3.63) is 42.0 Å². The predicted octanol–water partition coefficient (Wildman–Crippen LogP) is 2.08. The fourth-order valence-corrected chi connectivity index (χ4v) is 4.87. The minimum Gasteiger partial charge on any atom is -0.497 e. The number of ether oxygens (including phenoxy) is 1. The van der Waals surface area contributed by atoms with E-state index in [4.69, 9.17) is 4.74 Å². The van der Waals surface area contributed by atoms with Crippen molar-refractivity contribution < 1.29 is 14.3 Å². The van der Waals surface area contributed by atoms with Crippen molar-refractivity contribution in [2.75, 3.05) is 7.11 Å². The van der Waals surface area contributed by atoms with Crippen LogP contribution in [-0.4, -0.2) is 30.1 Å². The van der Waals surface area contributed by atoms with Crippen LogP contribution in [0.25, 0.3) is 0 Å². The number of allylic oxidation sites excluding steroid dienone is 2. The van der Waals surface area contributed by atoms with Gasteiger partial charge in [-0.05, 0) is 59.9 Å². The van der Waals surface area contributed by atoms with Gasteiger partial charge in [-0.15, -0.1) is 0 Å². The fraction of sp³-hybridized carbons (Fsp3) is 0.421. The van der Waals surface area contributed by atoms with Crippen molar-refractivity contribution in [3.63, 3.8) is 0 Å². The van der Waals surface area contributed by atoms with E-state index in [9.17, 15) is 9.59 Å². The smallest absolute Gasteiger partial charge is 0.254 e. The molecule has 4 aliphatic carbocycles. The molecule has 6 rings (SSSR count). The number of nitrogens with zero attached hydrogens (tertiary/aromatic N) is 2. The number of hydrazone groups is 1. The van der Waals surface area contributed by atoms with Crippen molar-refractivity contribution >= 4 is 18.0 Å². The lowest BCUT2D eigenvalue weighted by atomic mass is 9.63. The third kappa shape index (κ3) is 1.78. The summed E-state index contributed by atoms with van der Waals surface area (Å²) in [6.45, 7) is 0. The number of hydrogen-bond donors (Lipinski definition) is 0. The first-order valence-electron chi connectivity index (χ1n) is 8.43. The Balaban J connectivity index is 1.41. The van der Waals surface area contributed by atoms with Crippen LogP contribution in [0.4, 0.5) is 0 Å². The van der Waals surface area contributed by atoms with E-state index >= 15 is 0 Å². The molecular weight excluding hydrogens is 304 g/mol. The standard InChI is InChI=1S/C19H18N2O3/c1-24-11-4-2-10(3-5-11)9-20-21-18(22)16-12-6-7-13(15-8-14(12)15)17(16)19(21)23/h2-7,9,12-17H,8H2,1H3/b20-9-/t12-,13-,14-,15+,16+,17+/m0/s1. The molecule has 1 heterocycles. The van der Waals surface area contributed by atoms with Crippen molar-refractivity contribution in [3.8, 4) is 5.75 Å². The van der Waals surface area contributed by atoms with Crippen molar-refractivity contribution in [2.24, 2.45) is 40.6 Å². The van der Waals surface area contributed by atoms with Gasteiger partial charge in [-0.2, -0.15) is 10.1 Å². The second-order valence-corrected chi connectivity index (χ2v) is 7.16. The summed E-state index contributed by atoms with van der Waals surface area (Å²) in [5, 5.41) is 5.32. The minimum absolute atomic E-state index is 0.125. The normalized spacial score (nSPS) is 38.6. The van der Waals surface area contributed by atoms with Crippen molar-refractivity contribution in [2.45, 2.75) is 6.42 Å². The third-order valence-electron chi connectivity index (χ3n) is 6.08. The number of imide groups is 1. The van der Waals surface area contributed by atoms with Gasteiger partial charge in [0.15, 0.2) is 0 Å². The molecule has 1 saturated heterocycles. The largest absolute Gasteiger partial charge is 0.497 e. The molecule has 122 valence electrons. The van der Waals surface area contributed by atoms with Crippen LogP contribution in [0.15, 0.2) is 41.5 Å². The second-order valence-electron chi connectivity index (χ2n) is 7.16. The van der Waals surface area contributed by atoms with Gasteiger partial charge in [-0.3, -0.25) is 9.59 Å². The lowest BCUT2D eigenvalue weighted by Gasteiger charge is -2.37. The molecule has 1 aromatic rings. The molecule has 0 N–H and O–H groups in total. The fourth-order valence-electron chi connectivity index (χ4n) is 4.87. The van der Waals surface area contributed by atoms with Crippen molar-refractivity contribution in [1.82, 2.24) is 5.01 Å². The molecule has 5 aliphatic rings. The monoisotopic (exact) mass is 322 g/mol. The van der Waals surface area contributed by atoms with Gasteiger partial charge in [0, 0.05) is 0 Å². The Bertz CT molecular complexity index is 746. The van der Waals surface area contributed by atoms with E-state index in [2.05, 4.69) is 17.3 Å². The molecule has 0 radical (unpaired) electrons. The van der Waals surface area contributed by atoms with E-state index in [1.165, 1.54) is 6.42 Å². The molecule has 5 nitrogen and oxygen atoms in total. The van der Waals surface area contributed by atoms with Gasteiger partial charge in [0.2, 0.25) is 0 Å². The highest BCUT2D eigenvalue weighted by molar-refractivity contribution is 6.06. The summed E-state index contributed by atoms with van der Waals surface area (Å²) in [7, 11) is 1.61. The molecule has 1 aromatic carbocycles. The van der Waals surface area contributed by atoms with Gasteiger partial charge in [-0.25, -0.2) is 0 Å². The molecule has 0 aromatic heterocycles. The molecule has 24 heavy (non-hydrogen) atoms. The number of rotatable bonds is 3. The van der Waals surface area contributed by atoms with Gasteiger partial charge < -0.3 is 4.74 Å². The number of carbonyl (C=O) groups is 2. The summed E-state index contributed by atoms with van der Waals surface area (Å²) < 4.78 is 5.12. The molecular formula is C19H18N2O3. The molecule has 0 spiro atoms. The number of amides is 2.